The van der Waals surface area contributed by atoms with E-state index in [9.17, 15) is 0 Å². The predicted molar refractivity (Wildman–Crippen MR) is 73.2 cm³/mol. The molecule has 1 aliphatic rings. The van der Waals surface area contributed by atoms with Gasteiger partial charge >= 0.3 is 0 Å². The van der Waals surface area contributed by atoms with Crippen molar-refractivity contribution in [1.82, 2.24) is 0 Å². The molecule has 1 saturated carbocycles. The van der Waals surface area contributed by atoms with Crippen LogP contribution >= 0.6 is 0 Å². The largest absolute Gasteiger partial charge is 0.494 e. The number of methoxy groups -OCH3 is 2. The summed E-state index contributed by atoms with van der Waals surface area (Å²) in [5.74, 6) is 1.34. The monoisotopic (exact) mass is 250 g/mol. The van der Waals surface area contributed by atoms with E-state index in [4.69, 9.17) is 20.9 Å². The van der Waals surface area contributed by atoms with Gasteiger partial charge in [-0.15, -0.1) is 0 Å². The van der Waals surface area contributed by atoms with Gasteiger partial charge in [0.05, 0.1) is 14.2 Å². The molecule has 100 valence electrons. The van der Waals surface area contributed by atoms with Crippen LogP contribution < -0.4 is 20.9 Å². The SMILES string of the molecule is COc1cc(C2(CN)CCCC2)cc(OC)c1N. The van der Waals surface area contributed by atoms with Gasteiger partial charge in [0.15, 0.2) is 0 Å². The van der Waals surface area contributed by atoms with Crippen LogP contribution in [0.2, 0.25) is 0 Å². The first-order valence-electron chi connectivity index (χ1n) is 6.39. The van der Waals surface area contributed by atoms with E-state index in [-0.39, 0.29) is 5.41 Å². The Morgan fingerprint density at radius 1 is 1.11 bits per heavy atom. The van der Waals surface area contributed by atoms with E-state index >= 15 is 0 Å². The van der Waals surface area contributed by atoms with Crippen molar-refractivity contribution in [3.05, 3.63) is 17.7 Å². The molecule has 18 heavy (non-hydrogen) atoms. The van der Waals surface area contributed by atoms with Gasteiger partial charge in [0.2, 0.25) is 0 Å². The maximum atomic E-state index is 6.01. The molecule has 1 aromatic rings. The molecule has 0 bridgehead atoms. The summed E-state index contributed by atoms with van der Waals surface area (Å²) in [6, 6.07) is 4.02. The van der Waals surface area contributed by atoms with Crippen molar-refractivity contribution < 1.29 is 9.47 Å². The molecule has 0 aromatic heterocycles. The van der Waals surface area contributed by atoms with Crippen molar-refractivity contribution in [2.24, 2.45) is 5.73 Å². The highest BCUT2D eigenvalue weighted by atomic mass is 16.5. The topological polar surface area (TPSA) is 70.5 Å². The van der Waals surface area contributed by atoms with Gasteiger partial charge in [0, 0.05) is 12.0 Å². The molecule has 0 radical (unpaired) electrons. The number of anilines is 1. The molecule has 0 unspecified atom stereocenters. The van der Waals surface area contributed by atoms with Gasteiger partial charge in [-0.1, -0.05) is 12.8 Å². The molecule has 0 amide bonds. The molecule has 4 nitrogen and oxygen atoms in total. The van der Waals surface area contributed by atoms with Crippen LogP contribution in [0.3, 0.4) is 0 Å². The number of hydrogen-bond donors (Lipinski definition) is 2. The smallest absolute Gasteiger partial charge is 0.145 e. The summed E-state index contributed by atoms with van der Waals surface area (Å²) < 4.78 is 10.7. The molecule has 1 fully saturated rings. The fourth-order valence-electron chi connectivity index (χ4n) is 2.91. The Labute approximate surface area is 108 Å². The van der Waals surface area contributed by atoms with Gasteiger partial charge in [-0.3, -0.25) is 0 Å². The van der Waals surface area contributed by atoms with Gasteiger partial charge in [-0.25, -0.2) is 0 Å². The van der Waals surface area contributed by atoms with Crippen molar-refractivity contribution in [3.63, 3.8) is 0 Å². The number of nitrogen functional groups attached to an aromatic ring is 1. The standard InChI is InChI=1S/C14H22N2O2/c1-17-11-7-10(8-12(18-2)13(11)16)14(9-15)5-3-4-6-14/h7-8H,3-6,9,15-16H2,1-2H3. The highest BCUT2D eigenvalue weighted by molar-refractivity contribution is 5.65. The fraction of sp³-hybridized carbons (Fsp3) is 0.571. The normalized spacial score (nSPS) is 17.7. The summed E-state index contributed by atoms with van der Waals surface area (Å²) >= 11 is 0. The van der Waals surface area contributed by atoms with E-state index < -0.39 is 0 Å². The molecular weight excluding hydrogens is 228 g/mol. The van der Waals surface area contributed by atoms with Crippen LogP contribution in [0.25, 0.3) is 0 Å². The summed E-state index contributed by atoms with van der Waals surface area (Å²) in [6.45, 7) is 0.656. The van der Waals surface area contributed by atoms with Crippen LogP contribution in [0.15, 0.2) is 12.1 Å². The second-order valence-corrected chi connectivity index (χ2v) is 4.99. The van der Waals surface area contributed by atoms with E-state index in [2.05, 4.69) is 0 Å². The Hall–Kier alpha value is -1.42. The average Bonchev–Trinajstić information content (AvgIpc) is 2.89. The molecule has 0 atom stereocenters. The summed E-state index contributed by atoms with van der Waals surface area (Å²) in [5, 5.41) is 0. The first-order chi connectivity index (χ1) is 8.66. The minimum atomic E-state index is 0.0637. The van der Waals surface area contributed by atoms with E-state index in [0.717, 1.165) is 12.8 Å². The maximum absolute atomic E-state index is 6.01. The molecule has 2 rings (SSSR count). The zero-order valence-electron chi connectivity index (χ0n) is 11.2. The third-order valence-electron chi connectivity index (χ3n) is 4.11. The quantitative estimate of drug-likeness (QED) is 0.802. The van der Waals surface area contributed by atoms with E-state index in [0.29, 0.717) is 23.7 Å². The maximum Gasteiger partial charge on any atom is 0.145 e. The average molecular weight is 250 g/mol. The van der Waals surface area contributed by atoms with Gasteiger partial charge in [0.1, 0.15) is 17.2 Å². The Kier molecular flexibility index (Phi) is 3.66. The Bertz CT molecular complexity index is 401. The highest BCUT2D eigenvalue weighted by Crippen LogP contribution is 2.44. The van der Waals surface area contributed by atoms with Crippen LogP contribution in [0, 0.1) is 0 Å². The van der Waals surface area contributed by atoms with E-state index in [1.807, 2.05) is 12.1 Å². The van der Waals surface area contributed by atoms with Crippen molar-refractivity contribution in [2.75, 3.05) is 26.5 Å². The third-order valence-corrected chi connectivity index (χ3v) is 4.11. The molecule has 0 spiro atoms. The van der Waals surface area contributed by atoms with E-state index in [1.54, 1.807) is 14.2 Å². The second-order valence-electron chi connectivity index (χ2n) is 4.99. The lowest BCUT2D eigenvalue weighted by Crippen LogP contribution is -2.32. The number of ether oxygens (including phenoxy) is 2. The lowest BCUT2D eigenvalue weighted by atomic mass is 9.78. The van der Waals surface area contributed by atoms with Gasteiger partial charge in [-0.2, -0.15) is 0 Å². The van der Waals surface area contributed by atoms with Crippen LogP contribution in [0.1, 0.15) is 31.2 Å². The molecule has 0 saturated heterocycles. The molecular formula is C14H22N2O2. The zero-order valence-corrected chi connectivity index (χ0v) is 11.2. The first kappa shape index (κ1) is 13.0. The summed E-state index contributed by atoms with van der Waals surface area (Å²) in [4.78, 5) is 0. The van der Waals surface area contributed by atoms with Crippen molar-refractivity contribution >= 4 is 5.69 Å². The summed E-state index contributed by atoms with van der Waals surface area (Å²) in [6.07, 6.45) is 4.71. The number of hydrogen-bond acceptors (Lipinski definition) is 4. The van der Waals surface area contributed by atoms with Crippen molar-refractivity contribution in [2.45, 2.75) is 31.1 Å². The summed E-state index contributed by atoms with van der Waals surface area (Å²) in [5.41, 5.74) is 13.8. The molecule has 1 aromatic carbocycles. The van der Waals surface area contributed by atoms with Crippen LogP contribution in [-0.4, -0.2) is 20.8 Å². The Balaban J connectivity index is 2.50. The lowest BCUT2D eigenvalue weighted by Gasteiger charge is -2.29. The van der Waals surface area contributed by atoms with Gasteiger partial charge in [-0.05, 0) is 30.5 Å². The fourth-order valence-corrected chi connectivity index (χ4v) is 2.91. The first-order valence-corrected chi connectivity index (χ1v) is 6.39. The Morgan fingerprint density at radius 2 is 1.61 bits per heavy atom. The number of nitrogens with two attached hydrogens (primary N) is 2. The minimum Gasteiger partial charge on any atom is -0.494 e. The zero-order chi connectivity index (χ0) is 13.2. The summed E-state index contributed by atoms with van der Waals surface area (Å²) in [7, 11) is 3.25. The van der Waals surface area contributed by atoms with Gasteiger partial charge < -0.3 is 20.9 Å². The minimum absolute atomic E-state index is 0.0637. The number of benzene rings is 1. The highest BCUT2D eigenvalue weighted by Gasteiger charge is 2.35. The van der Waals surface area contributed by atoms with E-state index in [1.165, 1.54) is 18.4 Å². The van der Waals surface area contributed by atoms with Crippen molar-refractivity contribution in [3.8, 4) is 11.5 Å². The molecule has 1 aliphatic carbocycles. The Morgan fingerprint density at radius 3 is 2.00 bits per heavy atom. The van der Waals surface area contributed by atoms with Crippen LogP contribution in [0.4, 0.5) is 5.69 Å². The molecule has 0 aliphatic heterocycles. The van der Waals surface area contributed by atoms with Crippen LogP contribution in [-0.2, 0) is 5.41 Å². The second kappa shape index (κ2) is 5.06. The van der Waals surface area contributed by atoms with Crippen LogP contribution in [0.5, 0.6) is 11.5 Å². The number of rotatable bonds is 4. The molecule has 4 N–H and O–H groups in total. The van der Waals surface area contributed by atoms with Crippen molar-refractivity contribution in [1.29, 1.82) is 0 Å². The lowest BCUT2D eigenvalue weighted by molar-refractivity contribution is 0.389. The molecule has 0 heterocycles. The predicted octanol–water partition coefficient (Wildman–Crippen LogP) is 2.06. The third kappa shape index (κ3) is 2.01. The molecule has 4 heteroatoms. The van der Waals surface area contributed by atoms with Gasteiger partial charge in [0.25, 0.3) is 0 Å².